The number of rotatable bonds is 1. The van der Waals surface area contributed by atoms with Crippen molar-refractivity contribution in [1.82, 2.24) is 15.5 Å². The maximum atomic E-state index is 12.0. The van der Waals surface area contributed by atoms with E-state index in [1.165, 1.54) is 0 Å². The van der Waals surface area contributed by atoms with Gasteiger partial charge >= 0.3 is 6.03 Å². The van der Waals surface area contributed by atoms with Crippen LogP contribution in [0.25, 0.3) is 0 Å². The molecular formula is C12H19N3O3. The number of amides is 4. The summed E-state index contributed by atoms with van der Waals surface area (Å²) in [6, 6.07) is -0.775. The Morgan fingerprint density at radius 1 is 1.39 bits per heavy atom. The number of hydrogen-bond acceptors (Lipinski definition) is 3. The first-order chi connectivity index (χ1) is 8.56. The summed E-state index contributed by atoms with van der Waals surface area (Å²) >= 11 is 0. The van der Waals surface area contributed by atoms with E-state index >= 15 is 0 Å². The van der Waals surface area contributed by atoms with E-state index in [4.69, 9.17) is 0 Å². The van der Waals surface area contributed by atoms with E-state index in [1.54, 1.807) is 4.90 Å². The number of hydrogen-bond donors (Lipinski definition) is 2. The fourth-order valence-corrected chi connectivity index (χ4v) is 2.45. The Morgan fingerprint density at radius 2 is 2.17 bits per heavy atom. The number of likely N-dealkylation sites (tertiary alicyclic amines) is 1. The molecule has 6 heteroatoms. The molecule has 2 aliphatic heterocycles. The molecule has 0 aromatic carbocycles. The normalized spacial score (nSPS) is 28.8. The van der Waals surface area contributed by atoms with Crippen molar-refractivity contribution in [3.8, 4) is 0 Å². The van der Waals surface area contributed by atoms with Crippen molar-refractivity contribution in [3.63, 3.8) is 0 Å². The lowest BCUT2D eigenvalue weighted by atomic mass is 10.0. The third-order valence-electron chi connectivity index (χ3n) is 3.48. The van der Waals surface area contributed by atoms with Crippen LogP contribution in [0.4, 0.5) is 4.79 Å². The predicted molar refractivity (Wildman–Crippen MR) is 64.7 cm³/mol. The number of imide groups is 1. The van der Waals surface area contributed by atoms with Crippen LogP contribution in [-0.4, -0.2) is 41.9 Å². The molecule has 0 aromatic rings. The SMILES string of the molecule is CC1CCCN(C(=O)NC2CCC(=O)NC2=O)C1. The summed E-state index contributed by atoms with van der Waals surface area (Å²) in [5.41, 5.74) is 0. The molecule has 2 atom stereocenters. The summed E-state index contributed by atoms with van der Waals surface area (Å²) in [5.74, 6) is -0.159. The number of nitrogens with zero attached hydrogens (tertiary/aromatic N) is 1. The predicted octanol–water partition coefficient (Wildman–Crippen LogP) is 0.233. The smallest absolute Gasteiger partial charge is 0.318 e. The van der Waals surface area contributed by atoms with E-state index in [0.717, 1.165) is 25.9 Å². The summed E-state index contributed by atoms with van der Waals surface area (Å²) in [6.07, 6.45) is 2.82. The Hall–Kier alpha value is -1.59. The zero-order valence-electron chi connectivity index (χ0n) is 10.6. The molecule has 4 amide bonds. The first-order valence-electron chi connectivity index (χ1n) is 6.45. The zero-order valence-corrected chi connectivity index (χ0v) is 10.6. The van der Waals surface area contributed by atoms with Crippen LogP contribution in [0, 0.1) is 5.92 Å². The summed E-state index contributed by atoms with van der Waals surface area (Å²) in [5, 5.41) is 4.94. The van der Waals surface area contributed by atoms with Crippen LogP contribution < -0.4 is 10.6 Å². The molecular weight excluding hydrogens is 234 g/mol. The number of nitrogens with one attached hydrogen (secondary N) is 2. The lowest BCUT2D eigenvalue weighted by Crippen LogP contribution is -2.56. The monoisotopic (exact) mass is 253 g/mol. The summed E-state index contributed by atoms with van der Waals surface area (Å²) in [4.78, 5) is 36.3. The minimum atomic E-state index is -0.576. The third-order valence-corrected chi connectivity index (χ3v) is 3.48. The molecule has 2 saturated heterocycles. The number of carbonyl (C=O) groups excluding carboxylic acids is 3. The van der Waals surface area contributed by atoms with Gasteiger partial charge in [0.05, 0.1) is 0 Å². The van der Waals surface area contributed by atoms with Gasteiger partial charge in [0, 0.05) is 19.5 Å². The van der Waals surface area contributed by atoms with Gasteiger partial charge in [-0.3, -0.25) is 14.9 Å². The lowest BCUT2D eigenvalue weighted by Gasteiger charge is -2.32. The Bertz CT molecular complexity index is 370. The number of carbonyl (C=O) groups is 3. The first-order valence-corrected chi connectivity index (χ1v) is 6.45. The molecule has 0 aliphatic carbocycles. The Kier molecular flexibility index (Phi) is 3.84. The fourth-order valence-electron chi connectivity index (χ4n) is 2.45. The Balaban J connectivity index is 1.87. The van der Waals surface area contributed by atoms with Gasteiger partial charge in [-0.1, -0.05) is 6.92 Å². The van der Waals surface area contributed by atoms with Crippen molar-refractivity contribution < 1.29 is 14.4 Å². The van der Waals surface area contributed by atoms with Crippen LogP contribution in [0.1, 0.15) is 32.6 Å². The molecule has 2 aliphatic rings. The van der Waals surface area contributed by atoms with Gasteiger partial charge in [0.1, 0.15) is 6.04 Å². The van der Waals surface area contributed by atoms with Crippen LogP contribution in [-0.2, 0) is 9.59 Å². The van der Waals surface area contributed by atoms with Crippen molar-refractivity contribution in [2.45, 2.75) is 38.6 Å². The van der Waals surface area contributed by atoms with Gasteiger partial charge in [0.15, 0.2) is 0 Å². The Labute approximate surface area is 106 Å². The molecule has 0 saturated carbocycles. The minimum Gasteiger partial charge on any atom is -0.326 e. The summed E-state index contributed by atoms with van der Waals surface area (Å²) in [6.45, 7) is 3.59. The van der Waals surface area contributed by atoms with E-state index < -0.39 is 11.9 Å². The van der Waals surface area contributed by atoms with Crippen LogP contribution in [0.3, 0.4) is 0 Å². The molecule has 18 heavy (non-hydrogen) atoms. The van der Waals surface area contributed by atoms with Crippen LogP contribution in [0.2, 0.25) is 0 Å². The maximum Gasteiger partial charge on any atom is 0.318 e. The second kappa shape index (κ2) is 5.37. The van der Waals surface area contributed by atoms with E-state index in [9.17, 15) is 14.4 Å². The number of urea groups is 1. The van der Waals surface area contributed by atoms with Crippen LogP contribution in [0.15, 0.2) is 0 Å². The molecule has 0 spiro atoms. The van der Waals surface area contributed by atoms with Crippen molar-refractivity contribution >= 4 is 17.8 Å². The van der Waals surface area contributed by atoms with Gasteiger partial charge in [-0.2, -0.15) is 0 Å². The van der Waals surface area contributed by atoms with Crippen molar-refractivity contribution in [2.75, 3.05) is 13.1 Å². The highest BCUT2D eigenvalue weighted by atomic mass is 16.2. The number of piperidine rings is 2. The highest BCUT2D eigenvalue weighted by molar-refractivity contribution is 6.01. The van der Waals surface area contributed by atoms with Gasteiger partial charge in [-0.15, -0.1) is 0 Å². The highest BCUT2D eigenvalue weighted by Crippen LogP contribution is 2.15. The quantitative estimate of drug-likeness (QED) is 0.657. The van der Waals surface area contributed by atoms with Gasteiger partial charge in [-0.25, -0.2) is 4.79 Å². The van der Waals surface area contributed by atoms with Crippen LogP contribution >= 0.6 is 0 Å². The molecule has 2 fully saturated rings. The molecule has 2 unspecified atom stereocenters. The topological polar surface area (TPSA) is 78.5 Å². The maximum absolute atomic E-state index is 12.0. The molecule has 0 bridgehead atoms. The highest BCUT2D eigenvalue weighted by Gasteiger charge is 2.30. The van der Waals surface area contributed by atoms with E-state index in [2.05, 4.69) is 17.6 Å². The largest absolute Gasteiger partial charge is 0.326 e. The van der Waals surface area contributed by atoms with E-state index in [1.807, 2.05) is 0 Å². The van der Waals surface area contributed by atoms with E-state index in [-0.39, 0.29) is 18.4 Å². The molecule has 0 radical (unpaired) electrons. The van der Waals surface area contributed by atoms with Gasteiger partial charge < -0.3 is 10.2 Å². The third kappa shape index (κ3) is 3.00. The van der Waals surface area contributed by atoms with E-state index in [0.29, 0.717) is 12.3 Å². The van der Waals surface area contributed by atoms with Crippen molar-refractivity contribution in [2.24, 2.45) is 5.92 Å². The zero-order chi connectivity index (χ0) is 13.1. The molecule has 6 nitrogen and oxygen atoms in total. The fraction of sp³-hybridized carbons (Fsp3) is 0.750. The minimum absolute atomic E-state index is 0.198. The second-order valence-electron chi connectivity index (χ2n) is 5.15. The molecule has 2 N–H and O–H groups in total. The molecule has 2 rings (SSSR count). The van der Waals surface area contributed by atoms with Gasteiger partial charge in [-0.05, 0) is 25.2 Å². The average Bonchev–Trinajstić information content (AvgIpc) is 2.32. The molecule has 0 aromatic heterocycles. The summed E-state index contributed by atoms with van der Waals surface area (Å²) in [7, 11) is 0. The molecule has 100 valence electrons. The van der Waals surface area contributed by atoms with Crippen LogP contribution in [0.5, 0.6) is 0 Å². The standard InChI is InChI=1S/C12H19N3O3/c1-8-3-2-6-15(7-8)12(18)13-9-4-5-10(16)14-11(9)17/h8-9H,2-7H2,1H3,(H,13,18)(H,14,16,17). The van der Waals surface area contributed by atoms with Gasteiger partial charge in [0.2, 0.25) is 11.8 Å². The molecule has 2 heterocycles. The Morgan fingerprint density at radius 3 is 2.83 bits per heavy atom. The van der Waals surface area contributed by atoms with Crippen molar-refractivity contribution in [1.29, 1.82) is 0 Å². The van der Waals surface area contributed by atoms with Crippen molar-refractivity contribution in [3.05, 3.63) is 0 Å². The lowest BCUT2D eigenvalue weighted by molar-refractivity contribution is -0.134. The second-order valence-corrected chi connectivity index (χ2v) is 5.15. The summed E-state index contributed by atoms with van der Waals surface area (Å²) < 4.78 is 0. The van der Waals surface area contributed by atoms with Gasteiger partial charge in [0.25, 0.3) is 0 Å². The average molecular weight is 253 g/mol. The first kappa shape index (κ1) is 12.9.